The van der Waals surface area contributed by atoms with E-state index in [1.807, 2.05) is 0 Å². The third-order valence-corrected chi connectivity index (χ3v) is 4.39. The smallest absolute Gasteiger partial charge is 0.351 e. The molecule has 0 radical (unpaired) electrons. The lowest BCUT2D eigenvalue weighted by Gasteiger charge is -2.22. The first kappa shape index (κ1) is 18.6. The van der Waals surface area contributed by atoms with Gasteiger partial charge in [-0.25, -0.2) is 14.4 Å². The molecule has 0 spiro atoms. The second-order valence-electron chi connectivity index (χ2n) is 6.42. The van der Waals surface area contributed by atoms with Crippen molar-refractivity contribution in [3.63, 3.8) is 0 Å². The summed E-state index contributed by atoms with van der Waals surface area (Å²) < 4.78 is 9.87. The fourth-order valence-electron chi connectivity index (χ4n) is 3.04. The molecule has 0 bridgehead atoms. The summed E-state index contributed by atoms with van der Waals surface area (Å²) in [5.74, 6) is -1.76. The number of hydrogen-bond donors (Lipinski definition) is 2. The molecule has 1 aliphatic carbocycles. The van der Waals surface area contributed by atoms with Gasteiger partial charge < -0.3 is 14.5 Å². The number of nitrogens with one attached hydrogen (secondary N) is 2. The minimum Gasteiger partial charge on any atom is -0.452 e. The highest BCUT2D eigenvalue weighted by atomic mass is 16.5. The molecule has 3 rings (SSSR count). The van der Waals surface area contributed by atoms with Crippen molar-refractivity contribution in [1.82, 2.24) is 10.6 Å². The van der Waals surface area contributed by atoms with Gasteiger partial charge in [-0.05, 0) is 25.0 Å². The number of fused-ring (bicyclic) bond motifs is 1. The van der Waals surface area contributed by atoms with Crippen LogP contribution in [0.15, 0.2) is 39.5 Å². The number of imide groups is 1. The fraction of sp³-hybridized carbons (Fsp3) is 0.368. The van der Waals surface area contributed by atoms with E-state index in [-0.39, 0.29) is 11.6 Å². The van der Waals surface area contributed by atoms with E-state index in [1.165, 1.54) is 6.07 Å². The van der Waals surface area contributed by atoms with E-state index in [1.54, 1.807) is 24.3 Å². The van der Waals surface area contributed by atoms with E-state index in [9.17, 15) is 19.2 Å². The van der Waals surface area contributed by atoms with Gasteiger partial charge in [0.2, 0.25) is 0 Å². The number of carbonyl (C=O) groups is 3. The zero-order valence-electron chi connectivity index (χ0n) is 14.7. The number of carbonyl (C=O) groups excluding carboxylic acids is 3. The number of benzene rings is 1. The Morgan fingerprint density at radius 3 is 2.63 bits per heavy atom. The van der Waals surface area contributed by atoms with Crippen LogP contribution in [0.3, 0.4) is 0 Å². The Labute approximate surface area is 154 Å². The van der Waals surface area contributed by atoms with Gasteiger partial charge in [0.25, 0.3) is 5.91 Å². The van der Waals surface area contributed by atoms with Crippen LogP contribution >= 0.6 is 0 Å². The average molecular weight is 372 g/mol. The van der Waals surface area contributed by atoms with E-state index in [0.717, 1.165) is 32.1 Å². The Kier molecular flexibility index (Phi) is 5.85. The Morgan fingerprint density at radius 1 is 1.11 bits per heavy atom. The van der Waals surface area contributed by atoms with Gasteiger partial charge in [0.05, 0.1) is 0 Å². The Bertz CT molecular complexity index is 914. The first-order valence-corrected chi connectivity index (χ1v) is 8.83. The van der Waals surface area contributed by atoms with E-state index in [0.29, 0.717) is 11.0 Å². The summed E-state index contributed by atoms with van der Waals surface area (Å²) in [6.07, 6.45) is 5.01. The van der Waals surface area contributed by atoms with Crippen LogP contribution in [0, 0.1) is 0 Å². The van der Waals surface area contributed by atoms with Crippen LogP contribution in [0.2, 0.25) is 0 Å². The first-order chi connectivity index (χ1) is 13.0. The van der Waals surface area contributed by atoms with Gasteiger partial charge >= 0.3 is 17.6 Å². The maximum absolute atomic E-state index is 12.1. The molecule has 1 aliphatic rings. The minimum absolute atomic E-state index is 0.0522. The lowest BCUT2D eigenvalue weighted by molar-refractivity contribution is -0.123. The zero-order chi connectivity index (χ0) is 19.2. The topological polar surface area (TPSA) is 115 Å². The van der Waals surface area contributed by atoms with Gasteiger partial charge in [0.1, 0.15) is 11.1 Å². The second-order valence-corrected chi connectivity index (χ2v) is 6.42. The average Bonchev–Trinajstić information content (AvgIpc) is 2.66. The van der Waals surface area contributed by atoms with Gasteiger partial charge in [0.15, 0.2) is 6.61 Å². The lowest BCUT2D eigenvalue weighted by Crippen LogP contribution is -2.46. The summed E-state index contributed by atoms with van der Waals surface area (Å²) in [4.78, 5) is 47.5. The minimum atomic E-state index is -0.989. The largest absolute Gasteiger partial charge is 0.452 e. The van der Waals surface area contributed by atoms with Crippen LogP contribution < -0.4 is 16.3 Å². The normalized spacial score (nSPS) is 14.5. The van der Waals surface area contributed by atoms with Gasteiger partial charge in [-0.1, -0.05) is 37.5 Å². The molecule has 8 nitrogen and oxygen atoms in total. The molecular weight excluding hydrogens is 352 g/mol. The van der Waals surface area contributed by atoms with Crippen molar-refractivity contribution < 1.29 is 23.5 Å². The molecule has 8 heteroatoms. The molecule has 1 aromatic heterocycles. The third kappa shape index (κ3) is 4.93. The predicted molar refractivity (Wildman–Crippen MR) is 96.3 cm³/mol. The van der Waals surface area contributed by atoms with Gasteiger partial charge in [-0.3, -0.25) is 10.1 Å². The number of urea groups is 1. The molecule has 0 atom stereocenters. The summed E-state index contributed by atoms with van der Waals surface area (Å²) in [6.45, 7) is -0.677. The molecule has 27 heavy (non-hydrogen) atoms. The number of hydrogen-bond acceptors (Lipinski definition) is 6. The third-order valence-electron chi connectivity index (χ3n) is 4.39. The quantitative estimate of drug-likeness (QED) is 0.627. The number of para-hydroxylation sites is 1. The summed E-state index contributed by atoms with van der Waals surface area (Å²) >= 11 is 0. The molecule has 1 saturated carbocycles. The molecule has 0 saturated heterocycles. The molecule has 2 aromatic rings. The lowest BCUT2D eigenvalue weighted by atomic mass is 9.96. The van der Waals surface area contributed by atoms with Crippen molar-refractivity contribution in [2.45, 2.75) is 38.1 Å². The second kappa shape index (κ2) is 8.48. The van der Waals surface area contributed by atoms with Crippen molar-refractivity contribution in [3.8, 4) is 0 Å². The van der Waals surface area contributed by atoms with Crippen molar-refractivity contribution >= 4 is 28.9 Å². The molecule has 0 unspecified atom stereocenters. The molecule has 1 fully saturated rings. The SMILES string of the molecule is O=C(COC(=O)c1cc2ccccc2oc1=O)NC(=O)NC1CCCCC1. The molecule has 2 N–H and O–H groups in total. The van der Waals surface area contributed by atoms with Crippen molar-refractivity contribution in [1.29, 1.82) is 0 Å². The summed E-state index contributed by atoms with van der Waals surface area (Å²) in [7, 11) is 0. The van der Waals surface area contributed by atoms with E-state index in [2.05, 4.69) is 10.6 Å². The maximum Gasteiger partial charge on any atom is 0.351 e. The Balaban J connectivity index is 1.52. The standard InChI is InChI=1S/C19H20N2O6/c22-16(21-19(25)20-13-7-2-1-3-8-13)11-26-17(23)14-10-12-6-4-5-9-15(12)27-18(14)24/h4-6,9-10,13H,1-3,7-8,11H2,(H2,20,21,22,25). The molecule has 0 aliphatic heterocycles. The summed E-state index contributed by atoms with van der Waals surface area (Å²) in [5.41, 5.74) is -0.821. The summed E-state index contributed by atoms with van der Waals surface area (Å²) in [5, 5.41) is 5.39. The first-order valence-electron chi connectivity index (χ1n) is 8.83. The highest BCUT2D eigenvalue weighted by Crippen LogP contribution is 2.17. The molecule has 1 aromatic carbocycles. The Morgan fingerprint density at radius 2 is 1.85 bits per heavy atom. The van der Waals surface area contributed by atoms with Crippen LogP contribution in [0.1, 0.15) is 42.5 Å². The van der Waals surface area contributed by atoms with Crippen molar-refractivity contribution in [2.24, 2.45) is 0 Å². The number of ether oxygens (including phenoxy) is 1. The van der Waals surface area contributed by atoms with Crippen LogP contribution in [0.25, 0.3) is 11.0 Å². The highest BCUT2D eigenvalue weighted by Gasteiger charge is 2.19. The zero-order valence-corrected chi connectivity index (χ0v) is 14.7. The van der Waals surface area contributed by atoms with Crippen LogP contribution in [-0.2, 0) is 9.53 Å². The predicted octanol–water partition coefficient (Wildman–Crippen LogP) is 2.11. The van der Waals surface area contributed by atoms with E-state index in [4.69, 9.17) is 9.15 Å². The van der Waals surface area contributed by atoms with E-state index >= 15 is 0 Å². The van der Waals surface area contributed by atoms with Crippen LogP contribution in [0.5, 0.6) is 0 Å². The van der Waals surface area contributed by atoms with Crippen molar-refractivity contribution in [3.05, 3.63) is 46.3 Å². The Hall–Kier alpha value is -3.16. The molecular formula is C19H20N2O6. The van der Waals surface area contributed by atoms with Crippen LogP contribution in [-0.4, -0.2) is 30.6 Å². The molecule has 142 valence electrons. The van der Waals surface area contributed by atoms with Crippen molar-refractivity contribution in [2.75, 3.05) is 6.61 Å². The fourth-order valence-corrected chi connectivity index (χ4v) is 3.04. The van der Waals surface area contributed by atoms with Gasteiger partial charge in [-0.2, -0.15) is 0 Å². The van der Waals surface area contributed by atoms with E-state index < -0.39 is 30.1 Å². The monoisotopic (exact) mass is 372 g/mol. The van der Waals surface area contributed by atoms with Gasteiger partial charge in [0, 0.05) is 11.4 Å². The van der Waals surface area contributed by atoms with Gasteiger partial charge in [-0.15, -0.1) is 0 Å². The maximum atomic E-state index is 12.1. The number of esters is 1. The number of amides is 3. The highest BCUT2D eigenvalue weighted by molar-refractivity contribution is 5.97. The molecule has 3 amide bonds. The summed E-state index contributed by atoms with van der Waals surface area (Å²) in [6, 6.07) is 7.49. The van der Waals surface area contributed by atoms with Crippen LogP contribution in [0.4, 0.5) is 4.79 Å². The number of rotatable bonds is 4. The molecule has 1 heterocycles.